The average Bonchev–Trinajstić information content (AvgIpc) is 2.48. The van der Waals surface area contributed by atoms with Gasteiger partial charge in [-0.25, -0.2) is 0 Å². The van der Waals surface area contributed by atoms with Crippen LogP contribution in [0.2, 0.25) is 0 Å². The molecule has 0 aliphatic heterocycles. The molecule has 0 amide bonds. The highest BCUT2D eigenvalue weighted by Gasteiger charge is 2.25. The lowest BCUT2D eigenvalue weighted by atomic mass is 9.82. The first-order valence-electron chi connectivity index (χ1n) is 7.72. The summed E-state index contributed by atoms with van der Waals surface area (Å²) in [6.07, 6.45) is 5.77. The van der Waals surface area contributed by atoms with Gasteiger partial charge in [0.05, 0.1) is 11.6 Å². The van der Waals surface area contributed by atoms with Gasteiger partial charge in [-0.15, -0.1) is 0 Å². The fraction of sp³-hybridized carbons (Fsp3) is 0.500. The van der Waals surface area contributed by atoms with Gasteiger partial charge in [-0.2, -0.15) is 0 Å². The van der Waals surface area contributed by atoms with Gasteiger partial charge in [-0.3, -0.25) is 4.98 Å². The van der Waals surface area contributed by atoms with Crippen molar-refractivity contribution >= 4 is 10.9 Å². The van der Waals surface area contributed by atoms with E-state index in [0.29, 0.717) is 5.92 Å². The van der Waals surface area contributed by atoms with E-state index in [1.165, 1.54) is 24.8 Å². The molecule has 0 saturated heterocycles. The predicted octanol–water partition coefficient (Wildman–Crippen LogP) is 4.47. The Morgan fingerprint density at radius 2 is 1.90 bits per heavy atom. The van der Waals surface area contributed by atoms with Crippen LogP contribution in [0, 0.1) is 19.8 Å². The Hall–Kier alpha value is -1.41. The highest BCUT2D eigenvalue weighted by molar-refractivity contribution is 5.85. The number of pyridine rings is 1. The molecular weight excluding hydrogens is 246 g/mol. The molecule has 2 heteroatoms. The van der Waals surface area contributed by atoms with Crippen LogP contribution in [-0.4, -0.2) is 10.1 Å². The van der Waals surface area contributed by atoms with Crippen molar-refractivity contribution in [3.8, 4) is 0 Å². The van der Waals surface area contributed by atoms with Gasteiger partial charge in [-0.1, -0.05) is 37.5 Å². The first-order valence-corrected chi connectivity index (χ1v) is 7.72. The minimum atomic E-state index is -0.346. The van der Waals surface area contributed by atoms with Crippen LogP contribution < -0.4 is 0 Å². The molecule has 0 radical (unpaired) electrons. The maximum absolute atomic E-state index is 10.8. The van der Waals surface area contributed by atoms with E-state index in [-0.39, 0.29) is 6.10 Å². The van der Waals surface area contributed by atoms with Crippen LogP contribution >= 0.6 is 0 Å². The molecule has 1 atom stereocenters. The number of rotatable bonds is 2. The van der Waals surface area contributed by atoms with Crippen LogP contribution in [0.5, 0.6) is 0 Å². The van der Waals surface area contributed by atoms with Crippen LogP contribution in [0.1, 0.15) is 55.0 Å². The van der Waals surface area contributed by atoms with Crippen molar-refractivity contribution in [1.82, 2.24) is 4.98 Å². The van der Waals surface area contributed by atoms with E-state index in [1.54, 1.807) is 0 Å². The quantitative estimate of drug-likeness (QED) is 0.872. The Balaban J connectivity index is 2.07. The normalized spacial score (nSPS) is 18.4. The Kier molecular flexibility index (Phi) is 3.75. The van der Waals surface area contributed by atoms with Gasteiger partial charge in [0.25, 0.3) is 0 Å². The molecule has 106 valence electrons. The number of fused-ring (bicyclic) bond motifs is 1. The predicted molar refractivity (Wildman–Crippen MR) is 82.8 cm³/mol. The summed E-state index contributed by atoms with van der Waals surface area (Å²) < 4.78 is 0. The molecule has 0 bridgehead atoms. The number of aromatic nitrogens is 1. The summed E-state index contributed by atoms with van der Waals surface area (Å²) in [5, 5.41) is 12.0. The van der Waals surface area contributed by atoms with Gasteiger partial charge >= 0.3 is 0 Å². The second kappa shape index (κ2) is 5.53. The number of hydrogen-bond donors (Lipinski definition) is 1. The van der Waals surface area contributed by atoms with Crippen molar-refractivity contribution in [3.05, 3.63) is 41.1 Å². The smallest absolute Gasteiger partial charge is 0.0825 e. The van der Waals surface area contributed by atoms with Crippen LogP contribution in [0.25, 0.3) is 10.9 Å². The van der Waals surface area contributed by atoms with Gasteiger partial charge in [-0.05, 0) is 49.8 Å². The molecule has 3 rings (SSSR count). The first-order chi connectivity index (χ1) is 9.66. The lowest BCUT2D eigenvalue weighted by Crippen LogP contribution is -2.16. The molecule has 1 aliphatic rings. The third kappa shape index (κ3) is 2.45. The molecular formula is C18H23NO. The molecule has 1 aliphatic carbocycles. The zero-order valence-corrected chi connectivity index (χ0v) is 12.4. The maximum Gasteiger partial charge on any atom is 0.0825 e. The van der Waals surface area contributed by atoms with E-state index >= 15 is 0 Å². The molecule has 1 N–H and O–H groups in total. The zero-order chi connectivity index (χ0) is 14.1. The van der Waals surface area contributed by atoms with Crippen molar-refractivity contribution in [2.24, 2.45) is 5.92 Å². The molecule has 0 spiro atoms. The van der Waals surface area contributed by atoms with Crippen molar-refractivity contribution < 1.29 is 5.11 Å². The molecule has 1 heterocycles. The number of hydrogen-bond acceptors (Lipinski definition) is 2. The third-order valence-electron chi connectivity index (χ3n) is 4.62. The summed E-state index contributed by atoms with van der Waals surface area (Å²) >= 11 is 0. The number of benzene rings is 1. The standard InChI is InChI=1S/C18H23NO/c1-12-7-6-10-15-16(11-13(2)19-17(12)15)18(20)14-8-4-3-5-9-14/h6-7,10-11,14,18,20H,3-5,8-9H2,1-2H3. The number of aliphatic hydroxyl groups is 1. The molecule has 20 heavy (non-hydrogen) atoms. The number of aliphatic hydroxyl groups excluding tert-OH is 1. The largest absolute Gasteiger partial charge is 0.388 e. The Morgan fingerprint density at radius 1 is 1.15 bits per heavy atom. The lowest BCUT2D eigenvalue weighted by Gasteiger charge is -2.27. The first kappa shape index (κ1) is 13.6. The molecule has 2 aromatic rings. The monoisotopic (exact) mass is 269 g/mol. The van der Waals surface area contributed by atoms with E-state index in [9.17, 15) is 5.11 Å². The van der Waals surface area contributed by atoms with Crippen LogP contribution in [0.4, 0.5) is 0 Å². The highest BCUT2D eigenvalue weighted by atomic mass is 16.3. The summed E-state index contributed by atoms with van der Waals surface area (Å²) in [4.78, 5) is 4.65. The number of aryl methyl sites for hydroxylation is 2. The molecule has 1 aromatic carbocycles. The maximum atomic E-state index is 10.8. The van der Waals surface area contributed by atoms with Gasteiger partial charge in [0.1, 0.15) is 0 Å². The number of nitrogens with zero attached hydrogens (tertiary/aromatic N) is 1. The lowest BCUT2D eigenvalue weighted by molar-refractivity contribution is 0.0860. The minimum Gasteiger partial charge on any atom is -0.388 e. The molecule has 1 saturated carbocycles. The number of para-hydroxylation sites is 1. The van der Waals surface area contributed by atoms with E-state index in [4.69, 9.17) is 0 Å². The van der Waals surface area contributed by atoms with Crippen molar-refractivity contribution in [2.45, 2.75) is 52.1 Å². The summed E-state index contributed by atoms with van der Waals surface area (Å²) in [7, 11) is 0. The fourth-order valence-corrected chi connectivity index (χ4v) is 3.50. The Bertz CT molecular complexity index is 614. The third-order valence-corrected chi connectivity index (χ3v) is 4.62. The van der Waals surface area contributed by atoms with Gasteiger partial charge in [0.15, 0.2) is 0 Å². The van der Waals surface area contributed by atoms with Crippen molar-refractivity contribution in [3.63, 3.8) is 0 Å². The van der Waals surface area contributed by atoms with Gasteiger partial charge in [0, 0.05) is 11.1 Å². The van der Waals surface area contributed by atoms with Gasteiger partial charge in [0.2, 0.25) is 0 Å². The topological polar surface area (TPSA) is 33.1 Å². The van der Waals surface area contributed by atoms with Crippen LogP contribution in [-0.2, 0) is 0 Å². The van der Waals surface area contributed by atoms with Gasteiger partial charge < -0.3 is 5.11 Å². The van der Waals surface area contributed by atoms with Crippen LogP contribution in [0.3, 0.4) is 0 Å². The molecule has 1 aromatic heterocycles. The second-order valence-corrected chi connectivity index (χ2v) is 6.17. The molecule has 2 nitrogen and oxygen atoms in total. The zero-order valence-electron chi connectivity index (χ0n) is 12.4. The van der Waals surface area contributed by atoms with Crippen molar-refractivity contribution in [2.75, 3.05) is 0 Å². The Labute approximate surface area is 120 Å². The van der Waals surface area contributed by atoms with E-state index in [0.717, 1.165) is 35.0 Å². The summed E-state index contributed by atoms with van der Waals surface area (Å²) in [5.74, 6) is 0.411. The SMILES string of the molecule is Cc1cc(C(O)C2CCCCC2)c2cccc(C)c2n1. The van der Waals surface area contributed by atoms with Crippen LogP contribution in [0.15, 0.2) is 24.3 Å². The second-order valence-electron chi connectivity index (χ2n) is 6.17. The molecule has 1 unspecified atom stereocenters. The fourth-order valence-electron chi connectivity index (χ4n) is 3.50. The van der Waals surface area contributed by atoms with E-state index in [1.807, 2.05) is 6.92 Å². The van der Waals surface area contributed by atoms with E-state index in [2.05, 4.69) is 36.2 Å². The van der Waals surface area contributed by atoms with Crippen molar-refractivity contribution in [1.29, 1.82) is 0 Å². The summed E-state index contributed by atoms with van der Waals surface area (Å²) in [6, 6.07) is 8.31. The Morgan fingerprint density at radius 3 is 2.65 bits per heavy atom. The highest BCUT2D eigenvalue weighted by Crippen LogP contribution is 2.37. The minimum absolute atomic E-state index is 0.346. The molecule has 1 fully saturated rings. The summed E-state index contributed by atoms with van der Waals surface area (Å²) in [6.45, 7) is 4.11. The van der Waals surface area contributed by atoms with E-state index < -0.39 is 0 Å². The average molecular weight is 269 g/mol. The summed E-state index contributed by atoms with van der Waals surface area (Å²) in [5.41, 5.74) is 4.29.